The molecule has 2 N–H and O–H groups in total. The van der Waals surface area contributed by atoms with Gasteiger partial charge >= 0.3 is 0 Å². The van der Waals surface area contributed by atoms with E-state index in [0.717, 1.165) is 12.0 Å². The van der Waals surface area contributed by atoms with Crippen molar-refractivity contribution in [3.8, 4) is 0 Å². The Hall–Kier alpha value is -0.680. The van der Waals surface area contributed by atoms with Gasteiger partial charge in [0.05, 0.1) is 6.10 Å². The molecule has 0 radical (unpaired) electrons. The summed E-state index contributed by atoms with van der Waals surface area (Å²) in [5.74, 6) is 0. The van der Waals surface area contributed by atoms with Crippen LogP contribution in [0.3, 0.4) is 0 Å². The molecule has 2 rings (SSSR count). The van der Waals surface area contributed by atoms with Gasteiger partial charge in [-0.3, -0.25) is 0 Å². The van der Waals surface area contributed by atoms with Crippen LogP contribution in [0.5, 0.6) is 0 Å². The predicted octanol–water partition coefficient (Wildman–Crippen LogP) is 3.58. The van der Waals surface area contributed by atoms with Gasteiger partial charge < -0.3 is 10.4 Å². The quantitative estimate of drug-likeness (QED) is 0.838. The third-order valence-corrected chi connectivity index (χ3v) is 4.47. The minimum Gasteiger partial charge on any atom is -0.387 e. The molecule has 92 valence electrons. The van der Waals surface area contributed by atoms with Crippen LogP contribution in [0.25, 0.3) is 0 Å². The molecule has 0 fully saturated rings. The number of hydrogen-bond acceptors (Lipinski definition) is 4. The van der Waals surface area contributed by atoms with Crippen molar-refractivity contribution >= 4 is 22.7 Å². The molecular weight excluding hydrogens is 250 g/mol. The molecule has 0 aliphatic carbocycles. The minimum atomic E-state index is -0.407. The van der Waals surface area contributed by atoms with Crippen LogP contribution in [0.1, 0.15) is 35.9 Å². The lowest BCUT2D eigenvalue weighted by Crippen LogP contribution is -2.25. The topological polar surface area (TPSA) is 32.3 Å². The van der Waals surface area contributed by atoms with Gasteiger partial charge in [-0.2, -0.15) is 11.3 Å². The van der Waals surface area contributed by atoms with Crippen LogP contribution >= 0.6 is 22.7 Å². The standard InChI is InChI=1S/C13H17NOS2/c1-2-11(13-4-3-6-17-13)14-8-12(15)10-5-7-16-9-10/h3-7,9,11-12,14-15H,2,8H2,1H3. The van der Waals surface area contributed by atoms with E-state index < -0.39 is 6.10 Å². The molecular formula is C13H17NOS2. The molecule has 0 bridgehead atoms. The third-order valence-electron chi connectivity index (χ3n) is 2.78. The molecule has 2 aromatic rings. The van der Waals surface area contributed by atoms with E-state index in [4.69, 9.17) is 0 Å². The molecule has 0 saturated carbocycles. The van der Waals surface area contributed by atoms with Crippen LogP contribution in [0.2, 0.25) is 0 Å². The number of rotatable bonds is 6. The molecule has 0 spiro atoms. The van der Waals surface area contributed by atoms with Crippen molar-refractivity contribution in [2.24, 2.45) is 0 Å². The van der Waals surface area contributed by atoms with E-state index in [0.29, 0.717) is 12.6 Å². The van der Waals surface area contributed by atoms with Crippen LogP contribution in [0.4, 0.5) is 0 Å². The highest BCUT2D eigenvalue weighted by Crippen LogP contribution is 2.23. The smallest absolute Gasteiger partial charge is 0.0922 e. The lowest BCUT2D eigenvalue weighted by Gasteiger charge is -2.18. The second-order valence-corrected chi connectivity index (χ2v) is 5.72. The van der Waals surface area contributed by atoms with Crippen molar-refractivity contribution < 1.29 is 5.11 Å². The summed E-state index contributed by atoms with van der Waals surface area (Å²) in [6.45, 7) is 2.77. The maximum Gasteiger partial charge on any atom is 0.0922 e. The molecule has 2 nitrogen and oxygen atoms in total. The van der Waals surface area contributed by atoms with Gasteiger partial charge in [0, 0.05) is 17.5 Å². The average Bonchev–Trinajstić information content (AvgIpc) is 3.02. The lowest BCUT2D eigenvalue weighted by molar-refractivity contribution is 0.170. The maximum atomic E-state index is 10.00. The van der Waals surface area contributed by atoms with E-state index in [2.05, 4.69) is 29.8 Å². The van der Waals surface area contributed by atoms with Gasteiger partial charge in [0.15, 0.2) is 0 Å². The first-order valence-electron chi connectivity index (χ1n) is 5.78. The van der Waals surface area contributed by atoms with Gasteiger partial charge in [0.25, 0.3) is 0 Å². The first-order chi connectivity index (χ1) is 8.31. The Morgan fingerprint density at radius 3 is 2.82 bits per heavy atom. The highest BCUT2D eigenvalue weighted by molar-refractivity contribution is 7.10. The van der Waals surface area contributed by atoms with Gasteiger partial charge in [-0.25, -0.2) is 0 Å². The minimum absolute atomic E-state index is 0.350. The summed E-state index contributed by atoms with van der Waals surface area (Å²) in [6, 6.07) is 6.54. The average molecular weight is 267 g/mol. The Morgan fingerprint density at radius 1 is 1.35 bits per heavy atom. The van der Waals surface area contributed by atoms with Gasteiger partial charge in [-0.15, -0.1) is 11.3 Å². The van der Waals surface area contributed by atoms with Crippen molar-refractivity contribution in [3.05, 3.63) is 44.8 Å². The van der Waals surface area contributed by atoms with Crippen LogP contribution in [-0.2, 0) is 0 Å². The summed E-state index contributed by atoms with van der Waals surface area (Å²) in [5, 5.41) is 19.5. The van der Waals surface area contributed by atoms with Crippen molar-refractivity contribution in [2.45, 2.75) is 25.5 Å². The molecule has 0 amide bonds. The van der Waals surface area contributed by atoms with Crippen LogP contribution in [0.15, 0.2) is 34.3 Å². The first-order valence-corrected chi connectivity index (χ1v) is 7.60. The normalized spacial score (nSPS) is 14.7. The molecule has 0 aliphatic rings. The summed E-state index contributed by atoms with van der Waals surface area (Å²) in [6.07, 6.45) is 0.631. The molecule has 2 atom stereocenters. The summed E-state index contributed by atoms with van der Waals surface area (Å²) >= 11 is 3.38. The monoisotopic (exact) mass is 267 g/mol. The van der Waals surface area contributed by atoms with Gasteiger partial charge in [-0.05, 0) is 40.3 Å². The zero-order valence-electron chi connectivity index (χ0n) is 9.80. The van der Waals surface area contributed by atoms with E-state index in [9.17, 15) is 5.11 Å². The van der Waals surface area contributed by atoms with Gasteiger partial charge in [-0.1, -0.05) is 13.0 Å². The summed E-state index contributed by atoms with van der Waals surface area (Å²) in [4.78, 5) is 1.34. The zero-order chi connectivity index (χ0) is 12.1. The zero-order valence-corrected chi connectivity index (χ0v) is 11.4. The Bertz CT molecular complexity index is 411. The molecule has 2 heterocycles. The summed E-state index contributed by atoms with van der Waals surface area (Å²) in [7, 11) is 0. The predicted molar refractivity (Wildman–Crippen MR) is 74.6 cm³/mol. The van der Waals surface area contributed by atoms with Crippen LogP contribution in [-0.4, -0.2) is 11.7 Å². The van der Waals surface area contributed by atoms with Crippen molar-refractivity contribution in [1.82, 2.24) is 5.32 Å². The Labute approximate surface area is 110 Å². The van der Waals surface area contributed by atoms with Crippen molar-refractivity contribution in [3.63, 3.8) is 0 Å². The largest absolute Gasteiger partial charge is 0.387 e. The van der Waals surface area contributed by atoms with E-state index in [1.807, 2.05) is 16.8 Å². The van der Waals surface area contributed by atoms with Crippen LogP contribution in [0, 0.1) is 0 Å². The second-order valence-electron chi connectivity index (χ2n) is 3.96. The summed E-state index contributed by atoms with van der Waals surface area (Å²) < 4.78 is 0. The third kappa shape index (κ3) is 3.39. The number of aliphatic hydroxyl groups excluding tert-OH is 1. The van der Waals surface area contributed by atoms with Crippen molar-refractivity contribution in [2.75, 3.05) is 6.54 Å². The number of aliphatic hydroxyl groups is 1. The fraction of sp³-hybridized carbons (Fsp3) is 0.385. The van der Waals surface area contributed by atoms with Gasteiger partial charge in [0.1, 0.15) is 0 Å². The number of nitrogens with one attached hydrogen (secondary N) is 1. The van der Waals surface area contributed by atoms with E-state index in [-0.39, 0.29) is 0 Å². The Morgan fingerprint density at radius 2 is 2.24 bits per heavy atom. The first kappa shape index (κ1) is 12.8. The van der Waals surface area contributed by atoms with Gasteiger partial charge in [0.2, 0.25) is 0 Å². The SMILES string of the molecule is CCC(NCC(O)c1ccsc1)c1cccs1. The molecule has 17 heavy (non-hydrogen) atoms. The number of hydrogen-bond donors (Lipinski definition) is 2. The van der Waals surface area contributed by atoms with Crippen LogP contribution < -0.4 is 5.32 Å². The fourth-order valence-corrected chi connectivity index (χ4v) is 3.36. The number of thiophene rings is 2. The molecule has 0 saturated heterocycles. The van der Waals surface area contributed by atoms with E-state index in [1.54, 1.807) is 22.7 Å². The Balaban J connectivity index is 1.88. The van der Waals surface area contributed by atoms with E-state index in [1.165, 1.54) is 4.88 Å². The molecule has 0 aromatic carbocycles. The Kier molecular flexibility index (Phi) is 4.74. The highest BCUT2D eigenvalue weighted by atomic mass is 32.1. The molecule has 4 heteroatoms. The molecule has 2 aromatic heterocycles. The highest BCUT2D eigenvalue weighted by Gasteiger charge is 2.13. The molecule has 0 aliphatic heterocycles. The van der Waals surface area contributed by atoms with E-state index >= 15 is 0 Å². The second kappa shape index (κ2) is 6.31. The fourth-order valence-electron chi connectivity index (χ4n) is 1.77. The maximum absolute atomic E-state index is 10.00. The summed E-state index contributed by atoms with van der Waals surface area (Å²) in [5.41, 5.74) is 1.00. The lowest BCUT2D eigenvalue weighted by atomic mass is 10.1. The van der Waals surface area contributed by atoms with Crippen molar-refractivity contribution in [1.29, 1.82) is 0 Å². The molecule has 2 unspecified atom stereocenters.